The van der Waals surface area contributed by atoms with Crippen molar-refractivity contribution in [1.82, 2.24) is 0 Å². The number of anilines is 1. The summed E-state index contributed by atoms with van der Waals surface area (Å²) in [5.74, 6) is -0.498. The Morgan fingerprint density at radius 1 is 0.857 bits per heavy atom. The van der Waals surface area contributed by atoms with E-state index < -0.39 is 26.0 Å². The van der Waals surface area contributed by atoms with E-state index in [1.54, 1.807) is 24.3 Å². The van der Waals surface area contributed by atoms with Crippen molar-refractivity contribution in [3.63, 3.8) is 0 Å². The van der Waals surface area contributed by atoms with Crippen molar-refractivity contribution in [3.05, 3.63) is 82.3 Å². The summed E-state index contributed by atoms with van der Waals surface area (Å²) in [5.41, 5.74) is 3.31. The monoisotopic (exact) mass is 613 g/mol. The SMILES string of the molecule is CCN1C(=CC2=C(O)C(=CC3=[N+](CC)c4ccc(P(=O)(O)O)cc4C3(C)C)C2=O)C(C)(C)c2cc(P(=O)(O)O)ccc21. The van der Waals surface area contributed by atoms with Gasteiger partial charge in [0.1, 0.15) is 12.3 Å². The Morgan fingerprint density at radius 3 is 1.95 bits per heavy atom. The van der Waals surface area contributed by atoms with Gasteiger partial charge in [0.25, 0.3) is 0 Å². The average molecular weight is 614 g/mol. The standard InChI is InChI=1S/C30H34N2O8P2/c1-7-31-23-11-9-17(41(35,36)37)13-21(23)29(3,4)25(31)15-19-27(33)20(28(19)34)16-26-30(5,6)22-14-18(42(38,39)40)10-12-24(22)32(26)8-2/h9-16H,7-8H2,1-6H3,(H4-,33,34,35,36,37,38,39,40)/p+1. The molecule has 2 aromatic rings. The van der Waals surface area contributed by atoms with Gasteiger partial charge in [-0.15, -0.1) is 0 Å². The van der Waals surface area contributed by atoms with Crippen molar-refractivity contribution in [3.8, 4) is 0 Å². The Labute approximate surface area is 244 Å². The third-order valence-electron chi connectivity index (χ3n) is 8.62. The van der Waals surface area contributed by atoms with Crippen LogP contribution in [0.25, 0.3) is 0 Å². The Bertz CT molecular complexity index is 1790. The lowest BCUT2D eigenvalue weighted by Crippen LogP contribution is -2.32. The zero-order valence-electron chi connectivity index (χ0n) is 24.3. The first-order chi connectivity index (χ1) is 19.3. The zero-order chi connectivity index (χ0) is 31.2. The lowest BCUT2D eigenvalue weighted by molar-refractivity contribution is -0.433. The molecule has 42 heavy (non-hydrogen) atoms. The predicted octanol–water partition coefficient (Wildman–Crippen LogP) is 3.71. The van der Waals surface area contributed by atoms with Crippen LogP contribution in [0.15, 0.2) is 71.2 Å². The molecule has 5 rings (SSSR count). The summed E-state index contributed by atoms with van der Waals surface area (Å²) in [7, 11) is -8.93. The van der Waals surface area contributed by atoms with Crippen LogP contribution in [-0.2, 0) is 24.8 Å². The smallest absolute Gasteiger partial charge is 0.356 e. The van der Waals surface area contributed by atoms with E-state index in [0.29, 0.717) is 24.2 Å². The minimum atomic E-state index is -4.46. The number of carbonyl (C=O) groups excluding carboxylic acids is 1. The number of Topliss-reactive ketones (excluding diaryl/α,β-unsaturated/α-hetero) is 1. The number of fused-ring (bicyclic) bond motifs is 2. The number of likely N-dealkylation sites (N-methyl/N-ethyl adjacent to an activating group) is 1. The van der Waals surface area contributed by atoms with Gasteiger partial charge >= 0.3 is 15.2 Å². The van der Waals surface area contributed by atoms with E-state index in [9.17, 15) is 38.6 Å². The summed E-state index contributed by atoms with van der Waals surface area (Å²) >= 11 is 0. The normalized spacial score (nSPS) is 21.4. The highest BCUT2D eigenvalue weighted by molar-refractivity contribution is 7.60. The fourth-order valence-electron chi connectivity index (χ4n) is 6.27. The van der Waals surface area contributed by atoms with Crippen molar-refractivity contribution < 1.29 is 43.2 Å². The number of aliphatic hydroxyl groups is 1. The second kappa shape index (κ2) is 9.71. The lowest BCUT2D eigenvalue weighted by atomic mass is 9.77. The van der Waals surface area contributed by atoms with E-state index in [0.717, 1.165) is 22.8 Å². The molecule has 5 N–H and O–H groups in total. The van der Waals surface area contributed by atoms with Gasteiger partial charge in [-0.2, -0.15) is 4.58 Å². The first kappa shape index (κ1) is 30.4. The summed E-state index contributed by atoms with van der Waals surface area (Å²) < 4.78 is 25.8. The van der Waals surface area contributed by atoms with Crippen LogP contribution in [0.1, 0.15) is 52.7 Å². The van der Waals surface area contributed by atoms with E-state index in [1.807, 2.05) is 51.0 Å². The van der Waals surface area contributed by atoms with Crippen LogP contribution in [0.2, 0.25) is 0 Å². The molecular formula is C30H35N2O8P2+. The van der Waals surface area contributed by atoms with Gasteiger partial charge in [-0.05, 0) is 69.7 Å². The van der Waals surface area contributed by atoms with Crippen LogP contribution in [0.3, 0.4) is 0 Å². The van der Waals surface area contributed by atoms with Crippen LogP contribution < -0.4 is 15.5 Å². The molecule has 0 fully saturated rings. The van der Waals surface area contributed by atoms with Gasteiger partial charge in [0, 0.05) is 41.1 Å². The van der Waals surface area contributed by atoms with Gasteiger partial charge in [-0.3, -0.25) is 13.9 Å². The van der Waals surface area contributed by atoms with Crippen molar-refractivity contribution in [2.45, 2.75) is 52.4 Å². The average Bonchev–Trinajstić information content (AvgIpc) is 3.26. The summed E-state index contributed by atoms with van der Waals surface area (Å²) in [6.07, 6.45) is 3.30. The number of hydrogen-bond donors (Lipinski definition) is 5. The molecule has 0 bridgehead atoms. The van der Waals surface area contributed by atoms with E-state index in [1.165, 1.54) is 24.3 Å². The summed E-state index contributed by atoms with van der Waals surface area (Å²) in [4.78, 5) is 54.3. The van der Waals surface area contributed by atoms with Gasteiger partial charge in [0.05, 0.1) is 27.2 Å². The molecule has 1 aliphatic carbocycles. The van der Waals surface area contributed by atoms with Gasteiger partial charge in [-0.25, -0.2) is 0 Å². The number of hydrogen-bond acceptors (Lipinski definition) is 5. The third-order valence-corrected chi connectivity index (χ3v) is 10.5. The Morgan fingerprint density at radius 2 is 1.43 bits per heavy atom. The van der Waals surface area contributed by atoms with Gasteiger partial charge in [-0.1, -0.05) is 13.8 Å². The molecule has 2 aliphatic heterocycles. The van der Waals surface area contributed by atoms with Crippen molar-refractivity contribution in [1.29, 1.82) is 0 Å². The Balaban J connectivity index is 1.57. The predicted molar refractivity (Wildman–Crippen MR) is 162 cm³/mol. The number of benzene rings is 2. The second-order valence-electron chi connectivity index (χ2n) is 11.8. The highest BCUT2D eigenvalue weighted by Gasteiger charge is 2.47. The fourth-order valence-corrected chi connectivity index (χ4v) is 7.41. The van der Waals surface area contributed by atoms with Crippen LogP contribution in [0.5, 0.6) is 0 Å². The van der Waals surface area contributed by atoms with Crippen molar-refractivity contribution in [2.24, 2.45) is 0 Å². The first-order valence-corrected chi connectivity index (χ1v) is 16.8. The second-order valence-corrected chi connectivity index (χ2v) is 15.0. The molecule has 222 valence electrons. The maximum absolute atomic E-state index is 13.5. The molecule has 0 radical (unpaired) electrons. The number of ketones is 1. The molecule has 0 saturated carbocycles. The van der Waals surface area contributed by atoms with Crippen LogP contribution >= 0.6 is 15.2 Å². The van der Waals surface area contributed by atoms with Crippen LogP contribution in [0, 0.1) is 0 Å². The number of nitrogens with zero attached hydrogens (tertiary/aromatic N) is 2. The summed E-state index contributed by atoms with van der Waals surface area (Å²) in [6, 6.07) is 9.19. The van der Waals surface area contributed by atoms with E-state index in [4.69, 9.17) is 0 Å². The molecule has 2 heterocycles. The van der Waals surface area contributed by atoms with Gasteiger partial charge < -0.3 is 29.6 Å². The van der Waals surface area contributed by atoms with Gasteiger partial charge in [0.15, 0.2) is 5.71 Å². The number of allylic oxidation sites excluding steroid dienone is 5. The molecular weight excluding hydrogens is 578 g/mol. The number of aliphatic hydroxyl groups excluding tert-OH is 1. The molecule has 0 atom stereocenters. The molecule has 12 heteroatoms. The summed E-state index contributed by atoms with van der Waals surface area (Å²) in [5, 5.41) is 11.0. The lowest BCUT2D eigenvalue weighted by Gasteiger charge is -2.28. The number of carbonyl (C=O) groups is 1. The van der Waals surface area contributed by atoms with Gasteiger partial charge in [0.2, 0.25) is 11.5 Å². The quantitative estimate of drug-likeness (QED) is 0.186. The maximum Gasteiger partial charge on any atom is 0.356 e. The largest absolute Gasteiger partial charge is 0.506 e. The Kier molecular flexibility index (Phi) is 7.02. The third kappa shape index (κ3) is 4.49. The van der Waals surface area contributed by atoms with Crippen molar-refractivity contribution >= 4 is 48.7 Å². The van der Waals surface area contributed by atoms with Crippen LogP contribution in [0.4, 0.5) is 11.4 Å². The van der Waals surface area contributed by atoms with E-state index in [-0.39, 0.29) is 33.3 Å². The summed E-state index contributed by atoms with van der Waals surface area (Å²) in [6.45, 7) is 12.6. The molecule has 10 nitrogen and oxygen atoms in total. The minimum Gasteiger partial charge on any atom is -0.506 e. The highest BCUT2D eigenvalue weighted by atomic mass is 31.2. The van der Waals surface area contributed by atoms with Crippen LogP contribution in [-0.4, -0.2) is 53.8 Å². The van der Waals surface area contributed by atoms with Crippen molar-refractivity contribution in [2.75, 3.05) is 18.0 Å². The molecule has 0 amide bonds. The molecule has 2 aromatic carbocycles. The Hall–Kier alpha value is -3.10. The molecule has 0 spiro atoms. The molecule has 0 aromatic heterocycles. The first-order valence-electron chi connectivity index (χ1n) is 13.6. The minimum absolute atomic E-state index is 0.0794. The fraction of sp³-hybridized carbons (Fsp3) is 0.333. The number of rotatable bonds is 6. The van der Waals surface area contributed by atoms with E-state index >= 15 is 0 Å². The maximum atomic E-state index is 13.5. The molecule has 0 saturated heterocycles. The topological polar surface area (TPSA) is 159 Å². The molecule has 3 aliphatic rings. The zero-order valence-corrected chi connectivity index (χ0v) is 26.1. The molecule has 0 unspecified atom stereocenters. The van der Waals surface area contributed by atoms with E-state index in [2.05, 4.69) is 0 Å². The highest BCUT2D eigenvalue weighted by Crippen LogP contribution is 2.50.